The fraction of sp³-hybridized carbons (Fsp3) is 0.579. The van der Waals surface area contributed by atoms with Crippen molar-refractivity contribution in [1.29, 1.82) is 0 Å². The fourth-order valence-electron chi connectivity index (χ4n) is 3.82. The number of rotatable bonds is 4. The van der Waals surface area contributed by atoms with Crippen molar-refractivity contribution in [3.05, 3.63) is 29.3 Å². The number of benzene rings is 1. The van der Waals surface area contributed by atoms with E-state index >= 15 is 0 Å². The lowest BCUT2D eigenvalue weighted by atomic mass is 9.90. The Morgan fingerprint density at radius 2 is 1.67 bits per heavy atom. The minimum Gasteiger partial charge on any atom is -0.492 e. The Balaban J connectivity index is 1.60. The van der Waals surface area contributed by atoms with Crippen LogP contribution in [0.25, 0.3) is 0 Å². The molecule has 1 aliphatic heterocycles. The van der Waals surface area contributed by atoms with Gasteiger partial charge in [0, 0.05) is 0 Å². The summed E-state index contributed by atoms with van der Waals surface area (Å²) in [6, 6.07) is 5.74. The number of aryl methyl sites for hydroxylation is 2. The number of imide groups is 1. The number of hydrogen-bond acceptors (Lipinski definition) is 3. The van der Waals surface area contributed by atoms with Crippen LogP contribution in [-0.4, -0.2) is 35.5 Å². The summed E-state index contributed by atoms with van der Waals surface area (Å²) in [4.78, 5) is 26.4. The minimum atomic E-state index is -0.659. The van der Waals surface area contributed by atoms with Crippen molar-refractivity contribution in [2.24, 2.45) is 0 Å². The first-order valence-corrected chi connectivity index (χ1v) is 8.85. The number of nitrogens with one attached hydrogen (secondary N) is 1. The summed E-state index contributed by atoms with van der Waals surface area (Å²) in [5.74, 6) is 0.710. The Morgan fingerprint density at radius 1 is 1.04 bits per heavy atom. The van der Waals surface area contributed by atoms with Gasteiger partial charge in [-0.15, -0.1) is 0 Å². The van der Waals surface area contributed by atoms with Gasteiger partial charge in [-0.25, -0.2) is 4.79 Å². The average Bonchev–Trinajstić information content (AvgIpc) is 2.69. The molecule has 0 unspecified atom stereocenters. The number of amides is 3. The van der Waals surface area contributed by atoms with Gasteiger partial charge in [0.1, 0.15) is 17.9 Å². The van der Waals surface area contributed by atoms with Gasteiger partial charge < -0.3 is 10.1 Å². The van der Waals surface area contributed by atoms with Gasteiger partial charge in [-0.1, -0.05) is 31.7 Å². The second-order valence-electron chi connectivity index (χ2n) is 7.06. The minimum absolute atomic E-state index is 0.0709. The highest BCUT2D eigenvalue weighted by molar-refractivity contribution is 6.07. The molecule has 1 aliphatic carbocycles. The summed E-state index contributed by atoms with van der Waals surface area (Å²) in [7, 11) is 0. The maximum Gasteiger partial charge on any atom is 0.325 e. The molecular formula is C19H26N2O3. The van der Waals surface area contributed by atoms with Crippen molar-refractivity contribution < 1.29 is 14.3 Å². The van der Waals surface area contributed by atoms with Crippen LogP contribution in [0, 0.1) is 13.8 Å². The van der Waals surface area contributed by atoms with Crippen LogP contribution in [-0.2, 0) is 4.79 Å². The van der Waals surface area contributed by atoms with E-state index in [1.54, 1.807) is 0 Å². The smallest absolute Gasteiger partial charge is 0.325 e. The van der Waals surface area contributed by atoms with Crippen molar-refractivity contribution in [3.63, 3.8) is 0 Å². The van der Waals surface area contributed by atoms with Crippen LogP contribution in [0.5, 0.6) is 5.75 Å². The second kappa shape index (κ2) is 6.83. The summed E-state index contributed by atoms with van der Waals surface area (Å²) in [6.07, 6.45) is 5.79. The third-order valence-electron chi connectivity index (χ3n) is 4.98. The Hall–Kier alpha value is -2.04. The Kier molecular flexibility index (Phi) is 4.78. The highest BCUT2D eigenvalue weighted by atomic mass is 16.5. The largest absolute Gasteiger partial charge is 0.492 e. The van der Waals surface area contributed by atoms with Gasteiger partial charge >= 0.3 is 6.03 Å². The molecule has 2 fully saturated rings. The Labute approximate surface area is 143 Å². The van der Waals surface area contributed by atoms with Crippen molar-refractivity contribution in [2.45, 2.75) is 57.9 Å². The molecule has 0 atom stereocenters. The molecule has 0 aromatic heterocycles. The molecule has 1 aromatic carbocycles. The van der Waals surface area contributed by atoms with Crippen molar-refractivity contribution in [2.75, 3.05) is 13.2 Å². The SMILES string of the molecule is Cc1cc(C)cc(OCCN2C(=O)NC3(CCCCCC3)C2=O)c1. The molecule has 5 nitrogen and oxygen atoms in total. The normalized spacial score (nSPS) is 20.2. The molecule has 1 saturated heterocycles. The summed E-state index contributed by atoms with van der Waals surface area (Å²) in [5, 5.41) is 2.96. The number of carbonyl (C=O) groups excluding carboxylic acids is 2. The fourth-order valence-corrected chi connectivity index (χ4v) is 3.82. The molecule has 24 heavy (non-hydrogen) atoms. The monoisotopic (exact) mass is 330 g/mol. The third kappa shape index (κ3) is 3.40. The van der Waals surface area contributed by atoms with Gasteiger partial charge in [0.2, 0.25) is 0 Å². The highest BCUT2D eigenvalue weighted by Gasteiger charge is 2.50. The maximum atomic E-state index is 12.8. The van der Waals surface area contributed by atoms with Crippen LogP contribution in [0.3, 0.4) is 0 Å². The Morgan fingerprint density at radius 3 is 2.29 bits per heavy atom. The molecule has 1 N–H and O–H groups in total. The lowest BCUT2D eigenvalue weighted by molar-refractivity contribution is -0.132. The van der Waals surface area contributed by atoms with Gasteiger partial charge in [-0.05, 0) is 49.9 Å². The molecule has 2 aliphatic rings. The molecular weight excluding hydrogens is 304 g/mol. The molecule has 1 aromatic rings. The number of urea groups is 1. The van der Waals surface area contributed by atoms with Crippen LogP contribution in [0.1, 0.15) is 49.7 Å². The van der Waals surface area contributed by atoms with Gasteiger partial charge in [0.05, 0.1) is 6.54 Å². The molecule has 3 rings (SSSR count). The van der Waals surface area contributed by atoms with E-state index in [0.29, 0.717) is 13.2 Å². The van der Waals surface area contributed by atoms with E-state index in [1.165, 1.54) is 4.90 Å². The van der Waals surface area contributed by atoms with Crippen molar-refractivity contribution in [3.8, 4) is 5.75 Å². The standard InChI is InChI=1S/C19H26N2O3/c1-14-11-15(2)13-16(12-14)24-10-9-21-17(22)19(20-18(21)23)7-5-3-4-6-8-19/h11-13H,3-10H2,1-2H3,(H,20,23). The quantitative estimate of drug-likeness (QED) is 0.862. The van der Waals surface area contributed by atoms with E-state index in [-0.39, 0.29) is 11.9 Å². The molecule has 1 saturated carbocycles. The number of hydrogen-bond donors (Lipinski definition) is 1. The first kappa shape index (κ1) is 16.8. The van der Waals surface area contributed by atoms with E-state index in [1.807, 2.05) is 26.0 Å². The zero-order valence-electron chi connectivity index (χ0n) is 14.6. The van der Waals surface area contributed by atoms with E-state index in [4.69, 9.17) is 4.74 Å². The topological polar surface area (TPSA) is 58.6 Å². The van der Waals surface area contributed by atoms with E-state index in [2.05, 4.69) is 11.4 Å². The maximum absolute atomic E-state index is 12.8. The van der Waals surface area contributed by atoms with E-state index < -0.39 is 5.54 Å². The van der Waals surface area contributed by atoms with Crippen molar-refractivity contribution >= 4 is 11.9 Å². The van der Waals surface area contributed by atoms with Gasteiger partial charge in [0.15, 0.2) is 0 Å². The lowest BCUT2D eigenvalue weighted by Crippen LogP contribution is -2.46. The predicted octanol–water partition coefficient (Wildman–Crippen LogP) is 3.33. The first-order valence-electron chi connectivity index (χ1n) is 8.85. The van der Waals surface area contributed by atoms with Crippen LogP contribution in [0.2, 0.25) is 0 Å². The van der Waals surface area contributed by atoms with Crippen LogP contribution >= 0.6 is 0 Å². The molecule has 130 valence electrons. The predicted molar refractivity (Wildman–Crippen MR) is 92.1 cm³/mol. The number of ether oxygens (including phenoxy) is 1. The summed E-state index contributed by atoms with van der Waals surface area (Å²) in [6.45, 7) is 4.65. The zero-order valence-corrected chi connectivity index (χ0v) is 14.6. The Bertz CT molecular complexity index is 613. The number of carbonyl (C=O) groups is 2. The molecule has 0 bridgehead atoms. The molecule has 5 heteroatoms. The summed E-state index contributed by atoms with van der Waals surface area (Å²) in [5.41, 5.74) is 1.61. The van der Waals surface area contributed by atoms with Gasteiger partial charge in [-0.3, -0.25) is 9.69 Å². The van der Waals surface area contributed by atoms with Crippen LogP contribution in [0.4, 0.5) is 4.79 Å². The average molecular weight is 330 g/mol. The van der Waals surface area contributed by atoms with Crippen molar-refractivity contribution in [1.82, 2.24) is 10.2 Å². The lowest BCUT2D eigenvalue weighted by Gasteiger charge is -2.24. The molecule has 3 amide bonds. The first-order chi connectivity index (χ1) is 11.5. The molecule has 1 heterocycles. The summed E-state index contributed by atoms with van der Waals surface area (Å²) >= 11 is 0. The molecule has 0 radical (unpaired) electrons. The zero-order chi connectivity index (χ0) is 17.2. The highest BCUT2D eigenvalue weighted by Crippen LogP contribution is 2.32. The van der Waals surface area contributed by atoms with Gasteiger partial charge in [-0.2, -0.15) is 0 Å². The van der Waals surface area contributed by atoms with E-state index in [0.717, 1.165) is 55.4 Å². The van der Waals surface area contributed by atoms with E-state index in [9.17, 15) is 9.59 Å². The number of nitrogens with zero attached hydrogens (tertiary/aromatic N) is 1. The van der Waals surface area contributed by atoms with Crippen LogP contribution in [0.15, 0.2) is 18.2 Å². The second-order valence-corrected chi connectivity index (χ2v) is 7.06. The summed E-state index contributed by atoms with van der Waals surface area (Å²) < 4.78 is 5.75. The molecule has 1 spiro atoms. The third-order valence-corrected chi connectivity index (χ3v) is 4.98. The van der Waals surface area contributed by atoms with Gasteiger partial charge in [0.25, 0.3) is 5.91 Å². The van der Waals surface area contributed by atoms with Crippen LogP contribution < -0.4 is 10.1 Å².